The van der Waals surface area contributed by atoms with Crippen molar-refractivity contribution >= 4 is 17.6 Å². The van der Waals surface area contributed by atoms with E-state index in [0.29, 0.717) is 4.88 Å². The summed E-state index contributed by atoms with van der Waals surface area (Å²) in [5.41, 5.74) is 2.11. The van der Waals surface area contributed by atoms with Crippen LogP contribution in [0, 0.1) is 6.92 Å². The smallest absolute Gasteiger partial charge is 0.161 e. The van der Waals surface area contributed by atoms with Gasteiger partial charge in [-0.1, -0.05) is 0 Å². The quantitative estimate of drug-likeness (QED) is 0.705. The van der Waals surface area contributed by atoms with Gasteiger partial charge >= 0.3 is 0 Å². The van der Waals surface area contributed by atoms with E-state index < -0.39 is 0 Å². The van der Waals surface area contributed by atoms with Crippen molar-refractivity contribution in [3.63, 3.8) is 0 Å². The number of thiazole rings is 1. The minimum Gasteiger partial charge on any atom is -0.297 e. The van der Waals surface area contributed by atoms with E-state index >= 15 is 0 Å². The van der Waals surface area contributed by atoms with Crippen LogP contribution in [0.4, 0.5) is 0 Å². The first-order valence-corrected chi connectivity index (χ1v) is 4.95. The van der Waals surface area contributed by atoms with E-state index in [-0.39, 0.29) is 0 Å². The second-order valence-corrected chi connectivity index (χ2v) is 3.94. The summed E-state index contributed by atoms with van der Waals surface area (Å²) >= 11 is 1.38. The van der Waals surface area contributed by atoms with Crippen LogP contribution in [-0.4, -0.2) is 16.3 Å². The topological polar surface area (TPSA) is 42.9 Å². The first-order valence-electron chi connectivity index (χ1n) is 4.13. The lowest BCUT2D eigenvalue weighted by Crippen LogP contribution is -1.82. The Balaban J connectivity index is 2.49. The van der Waals surface area contributed by atoms with Crippen LogP contribution in [0.2, 0.25) is 0 Å². The molecule has 2 heterocycles. The summed E-state index contributed by atoms with van der Waals surface area (Å²) in [5, 5.41) is 0.845. The summed E-state index contributed by atoms with van der Waals surface area (Å²) in [6, 6.07) is 1.93. The maximum absolute atomic E-state index is 10.5. The summed E-state index contributed by atoms with van der Waals surface area (Å²) < 4.78 is 0. The Morgan fingerprint density at radius 2 is 2.29 bits per heavy atom. The molecule has 0 N–H and O–H groups in total. The zero-order chi connectivity index (χ0) is 9.97. The second-order valence-electron chi connectivity index (χ2n) is 2.88. The fourth-order valence-electron chi connectivity index (χ4n) is 1.15. The monoisotopic (exact) mass is 204 g/mol. The Hall–Kier alpha value is -1.55. The molecule has 0 aromatic carbocycles. The van der Waals surface area contributed by atoms with E-state index in [1.807, 2.05) is 13.0 Å². The van der Waals surface area contributed by atoms with Crippen LogP contribution in [0.1, 0.15) is 15.2 Å². The largest absolute Gasteiger partial charge is 0.297 e. The summed E-state index contributed by atoms with van der Waals surface area (Å²) in [4.78, 5) is 19.3. The highest BCUT2D eigenvalue weighted by molar-refractivity contribution is 7.16. The third-order valence-electron chi connectivity index (χ3n) is 1.91. The van der Waals surface area contributed by atoms with E-state index in [4.69, 9.17) is 0 Å². The summed E-state index contributed by atoms with van der Waals surface area (Å²) in [6.07, 6.45) is 5.90. The van der Waals surface area contributed by atoms with Crippen LogP contribution < -0.4 is 0 Å². The van der Waals surface area contributed by atoms with Crippen LogP contribution in [0.3, 0.4) is 0 Å². The van der Waals surface area contributed by atoms with Gasteiger partial charge in [0.1, 0.15) is 5.01 Å². The van der Waals surface area contributed by atoms with Gasteiger partial charge in [0.25, 0.3) is 0 Å². The van der Waals surface area contributed by atoms with Gasteiger partial charge in [0.05, 0.1) is 4.88 Å². The highest BCUT2D eigenvalue weighted by atomic mass is 32.1. The Kier molecular flexibility index (Phi) is 2.37. The van der Waals surface area contributed by atoms with E-state index in [9.17, 15) is 4.79 Å². The average molecular weight is 204 g/mol. The Bertz CT molecular complexity index is 465. The average Bonchev–Trinajstić information content (AvgIpc) is 2.67. The standard InChI is InChI=1S/C10H8N2OS/c1-7-2-3-11-5-9(7)10-12-4-8(6-13)14-10/h2-6H,1H3. The summed E-state index contributed by atoms with van der Waals surface area (Å²) in [5.74, 6) is 0. The molecule has 2 aromatic rings. The molecule has 0 spiro atoms. The molecule has 70 valence electrons. The Morgan fingerprint density at radius 1 is 1.43 bits per heavy atom. The molecule has 0 fully saturated rings. The molecule has 0 aliphatic heterocycles. The number of hydrogen-bond acceptors (Lipinski definition) is 4. The second kappa shape index (κ2) is 3.67. The number of rotatable bonds is 2. The van der Waals surface area contributed by atoms with Gasteiger partial charge < -0.3 is 0 Å². The third kappa shape index (κ3) is 1.56. The molecule has 0 unspecified atom stereocenters. The molecule has 14 heavy (non-hydrogen) atoms. The molecule has 0 saturated carbocycles. The van der Waals surface area contributed by atoms with Crippen LogP contribution in [0.5, 0.6) is 0 Å². The number of carbonyl (C=O) groups is 1. The molecule has 0 amide bonds. The minimum atomic E-state index is 0.642. The maximum atomic E-state index is 10.5. The molecule has 0 aliphatic rings. The first-order chi connectivity index (χ1) is 6.81. The highest BCUT2D eigenvalue weighted by Crippen LogP contribution is 2.25. The zero-order valence-corrected chi connectivity index (χ0v) is 8.41. The molecule has 0 bridgehead atoms. The van der Waals surface area contributed by atoms with Gasteiger partial charge in [0.15, 0.2) is 6.29 Å². The van der Waals surface area contributed by atoms with E-state index in [1.54, 1.807) is 18.6 Å². The predicted octanol–water partition coefficient (Wildman–Crippen LogP) is 2.33. The van der Waals surface area contributed by atoms with Crippen LogP contribution in [0.15, 0.2) is 24.7 Å². The Labute approximate surface area is 85.5 Å². The van der Waals surface area contributed by atoms with Crippen molar-refractivity contribution in [3.05, 3.63) is 35.1 Å². The summed E-state index contributed by atoms with van der Waals surface area (Å²) in [6.45, 7) is 2.00. The molecule has 3 nitrogen and oxygen atoms in total. The molecule has 2 aromatic heterocycles. The number of nitrogens with zero attached hydrogens (tertiary/aromatic N) is 2. The molecular formula is C10H8N2OS. The highest BCUT2D eigenvalue weighted by Gasteiger charge is 2.06. The van der Waals surface area contributed by atoms with Gasteiger partial charge in [-0.15, -0.1) is 11.3 Å². The molecular weight excluding hydrogens is 196 g/mol. The molecule has 0 radical (unpaired) electrons. The SMILES string of the molecule is Cc1ccncc1-c1ncc(C=O)s1. The summed E-state index contributed by atoms with van der Waals surface area (Å²) in [7, 11) is 0. The van der Waals surface area contributed by atoms with Crippen LogP contribution in [-0.2, 0) is 0 Å². The van der Waals surface area contributed by atoms with Gasteiger partial charge in [0, 0.05) is 24.2 Å². The number of aromatic nitrogens is 2. The molecule has 4 heteroatoms. The normalized spacial score (nSPS) is 10.1. The van der Waals surface area contributed by atoms with Gasteiger partial charge in [-0.3, -0.25) is 9.78 Å². The van der Waals surface area contributed by atoms with E-state index in [1.165, 1.54) is 11.3 Å². The van der Waals surface area contributed by atoms with E-state index in [0.717, 1.165) is 22.4 Å². The van der Waals surface area contributed by atoms with Crippen molar-refractivity contribution in [1.29, 1.82) is 0 Å². The number of aldehydes is 1. The van der Waals surface area contributed by atoms with Gasteiger partial charge in [-0.2, -0.15) is 0 Å². The van der Waals surface area contributed by atoms with Crippen molar-refractivity contribution in [2.24, 2.45) is 0 Å². The number of hydrogen-bond donors (Lipinski definition) is 0. The predicted molar refractivity (Wildman–Crippen MR) is 55.5 cm³/mol. The lowest BCUT2D eigenvalue weighted by Gasteiger charge is -1.98. The Morgan fingerprint density at radius 3 is 2.93 bits per heavy atom. The molecule has 0 atom stereocenters. The molecule has 0 saturated heterocycles. The number of aryl methyl sites for hydroxylation is 1. The van der Waals surface area contributed by atoms with Crippen LogP contribution >= 0.6 is 11.3 Å². The van der Waals surface area contributed by atoms with Gasteiger partial charge in [-0.25, -0.2) is 4.98 Å². The van der Waals surface area contributed by atoms with E-state index in [2.05, 4.69) is 9.97 Å². The van der Waals surface area contributed by atoms with Gasteiger partial charge in [0.2, 0.25) is 0 Å². The number of pyridine rings is 1. The lowest BCUT2D eigenvalue weighted by molar-refractivity contribution is 0.112. The van der Waals surface area contributed by atoms with Crippen molar-refractivity contribution in [1.82, 2.24) is 9.97 Å². The zero-order valence-electron chi connectivity index (χ0n) is 7.60. The van der Waals surface area contributed by atoms with Crippen LogP contribution in [0.25, 0.3) is 10.6 Å². The third-order valence-corrected chi connectivity index (χ3v) is 2.87. The van der Waals surface area contributed by atoms with Crippen molar-refractivity contribution in [3.8, 4) is 10.6 Å². The van der Waals surface area contributed by atoms with Gasteiger partial charge in [-0.05, 0) is 18.6 Å². The first kappa shape index (κ1) is 9.02. The van der Waals surface area contributed by atoms with Crippen molar-refractivity contribution in [2.75, 3.05) is 0 Å². The molecule has 2 rings (SSSR count). The van der Waals surface area contributed by atoms with Crippen molar-refractivity contribution < 1.29 is 4.79 Å². The fraction of sp³-hybridized carbons (Fsp3) is 0.100. The lowest BCUT2D eigenvalue weighted by atomic mass is 10.2. The molecule has 0 aliphatic carbocycles. The number of carbonyl (C=O) groups excluding carboxylic acids is 1. The van der Waals surface area contributed by atoms with Crippen molar-refractivity contribution in [2.45, 2.75) is 6.92 Å². The minimum absolute atomic E-state index is 0.642. The maximum Gasteiger partial charge on any atom is 0.161 e. The fourth-order valence-corrected chi connectivity index (χ4v) is 1.96.